The number of esters is 2. The van der Waals surface area contributed by atoms with Gasteiger partial charge in [0.2, 0.25) is 0 Å². The molecule has 0 bridgehead atoms. The van der Waals surface area contributed by atoms with E-state index in [4.69, 9.17) is 0 Å². The molecular formula is C11H16O4. The number of carbonyl (C=O) groups is 2. The largest absolute Gasteiger partial charge is 0.468 e. The summed E-state index contributed by atoms with van der Waals surface area (Å²) in [7, 11) is 2.56. The summed E-state index contributed by atoms with van der Waals surface area (Å²) in [6, 6.07) is 0. The normalized spacial score (nSPS) is 15.0. The smallest absolute Gasteiger partial charge is 0.320 e. The van der Waals surface area contributed by atoms with E-state index in [1.54, 1.807) is 0 Å². The Morgan fingerprint density at radius 1 is 1.33 bits per heavy atom. The average Bonchev–Trinajstić information content (AvgIpc) is 2.76. The third-order valence-corrected chi connectivity index (χ3v) is 2.57. The average molecular weight is 212 g/mol. The molecular weight excluding hydrogens is 196 g/mol. The summed E-state index contributed by atoms with van der Waals surface area (Å²) in [5.74, 6) is -1.84. The highest BCUT2D eigenvalue weighted by molar-refractivity contribution is 5.95. The minimum absolute atomic E-state index is 0.430. The highest BCUT2D eigenvalue weighted by Gasteiger charge is 2.29. The van der Waals surface area contributed by atoms with E-state index in [1.807, 2.05) is 0 Å². The molecule has 4 nitrogen and oxygen atoms in total. The Bertz CT molecular complexity index is 264. The maximum Gasteiger partial charge on any atom is 0.320 e. The van der Waals surface area contributed by atoms with Crippen molar-refractivity contribution in [2.75, 3.05) is 14.2 Å². The zero-order valence-electron chi connectivity index (χ0n) is 9.12. The van der Waals surface area contributed by atoms with E-state index < -0.39 is 17.9 Å². The van der Waals surface area contributed by atoms with Gasteiger partial charge in [-0.1, -0.05) is 11.6 Å². The third-order valence-electron chi connectivity index (χ3n) is 2.57. The molecule has 4 heteroatoms. The summed E-state index contributed by atoms with van der Waals surface area (Å²) in [4.78, 5) is 22.7. The molecule has 15 heavy (non-hydrogen) atoms. The van der Waals surface area contributed by atoms with E-state index in [1.165, 1.54) is 14.2 Å². The predicted octanol–water partition coefficient (Wildman–Crippen LogP) is 1.45. The van der Waals surface area contributed by atoms with Crippen molar-refractivity contribution in [3.63, 3.8) is 0 Å². The number of hydrogen-bond donors (Lipinski definition) is 0. The zero-order chi connectivity index (χ0) is 11.3. The van der Waals surface area contributed by atoms with Gasteiger partial charge in [-0.25, -0.2) is 0 Å². The molecule has 0 heterocycles. The lowest BCUT2D eigenvalue weighted by Gasteiger charge is -2.12. The fraction of sp³-hybridized carbons (Fsp3) is 0.636. The summed E-state index contributed by atoms with van der Waals surface area (Å²) in [6.45, 7) is 0. The molecule has 0 saturated heterocycles. The molecule has 0 radical (unpaired) electrons. The molecule has 1 aliphatic rings. The molecule has 0 aromatic heterocycles. The highest BCUT2D eigenvalue weighted by Crippen LogP contribution is 2.25. The van der Waals surface area contributed by atoms with Crippen LogP contribution in [0.1, 0.15) is 25.7 Å². The summed E-state index contributed by atoms with van der Waals surface area (Å²) in [5, 5.41) is 0. The number of carbonyl (C=O) groups excluding carboxylic acids is 2. The number of allylic oxidation sites excluding steroid dienone is 2. The lowest BCUT2D eigenvalue weighted by molar-refractivity contribution is -0.158. The van der Waals surface area contributed by atoms with Crippen molar-refractivity contribution in [3.8, 4) is 0 Å². The van der Waals surface area contributed by atoms with Crippen molar-refractivity contribution in [1.29, 1.82) is 0 Å². The van der Waals surface area contributed by atoms with E-state index in [0.29, 0.717) is 6.42 Å². The summed E-state index contributed by atoms with van der Waals surface area (Å²) < 4.78 is 9.16. The summed E-state index contributed by atoms with van der Waals surface area (Å²) >= 11 is 0. The van der Waals surface area contributed by atoms with Crippen LogP contribution in [0.3, 0.4) is 0 Å². The first-order chi connectivity index (χ1) is 7.19. The molecule has 0 atom stereocenters. The van der Waals surface area contributed by atoms with Crippen molar-refractivity contribution in [2.24, 2.45) is 5.92 Å². The van der Waals surface area contributed by atoms with Gasteiger partial charge < -0.3 is 9.47 Å². The van der Waals surface area contributed by atoms with Gasteiger partial charge in [-0.3, -0.25) is 9.59 Å². The first-order valence-corrected chi connectivity index (χ1v) is 5.02. The van der Waals surface area contributed by atoms with Crippen molar-refractivity contribution in [3.05, 3.63) is 11.6 Å². The lowest BCUT2D eigenvalue weighted by atomic mass is 9.99. The van der Waals surface area contributed by atoms with E-state index in [9.17, 15) is 9.59 Å². The Morgan fingerprint density at radius 3 is 2.33 bits per heavy atom. The van der Waals surface area contributed by atoms with Gasteiger partial charge in [-0.2, -0.15) is 0 Å². The van der Waals surface area contributed by atoms with Gasteiger partial charge in [0.1, 0.15) is 0 Å². The van der Waals surface area contributed by atoms with Crippen LogP contribution in [0.2, 0.25) is 0 Å². The van der Waals surface area contributed by atoms with Gasteiger partial charge in [-0.05, 0) is 25.7 Å². The van der Waals surface area contributed by atoms with E-state index in [2.05, 4.69) is 15.5 Å². The Kier molecular flexibility index (Phi) is 4.34. The first kappa shape index (κ1) is 11.8. The van der Waals surface area contributed by atoms with Crippen LogP contribution in [0, 0.1) is 5.92 Å². The SMILES string of the molecule is COC(=O)C(CC1=CCCC1)C(=O)OC. The standard InChI is InChI=1S/C11H16O4/c1-14-10(12)9(11(13)15-2)7-8-5-3-4-6-8/h5,9H,3-4,6-7H2,1-2H3. The number of ether oxygens (including phenoxy) is 2. The number of rotatable bonds is 4. The molecule has 0 saturated carbocycles. The molecule has 1 aliphatic carbocycles. The molecule has 0 aromatic rings. The topological polar surface area (TPSA) is 52.6 Å². The molecule has 0 fully saturated rings. The van der Waals surface area contributed by atoms with Crippen LogP contribution in [0.4, 0.5) is 0 Å². The van der Waals surface area contributed by atoms with Crippen molar-refractivity contribution in [2.45, 2.75) is 25.7 Å². The lowest BCUT2D eigenvalue weighted by Crippen LogP contribution is -2.26. The van der Waals surface area contributed by atoms with Gasteiger partial charge in [0.15, 0.2) is 5.92 Å². The maximum absolute atomic E-state index is 11.3. The Morgan fingerprint density at radius 2 is 1.93 bits per heavy atom. The first-order valence-electron chi connectivity index (χ1n) is 5.02. The monoisotopic (exact) mass is 212 g/mol. The fourth-order valence-corrected chi connectivity index (χ4v) is 1.73. The second-order valence-electron chi connectivity index (χ2n) is 3.56. The Hall–Kier alpha value is -1.32. The molecule has 84 valence electrons. The maximum atomic E-state index is 11.3. The van der Waals surface area contributed by atoms with Crippen LogP contribution >= 0.6 is 0 Å². The van der Waals surface area contributed by atoms with Gasteiger partial charge >= 0.3 is 11.9 Å². The minimum atomic E-state index is -0.802. The van der Waals surface area contributed by atoms with Gasteiger partial charge in [-0.15, -0.1) is 0 Å². The summed E-state index contributed by atoms with van der Waals surface area (Å²) in [5.41, 5.74) is 1.15. The third kappa shape index (κ3) is 3.08. The highest BCUT2D eigenvalue weighted by atomic mass is 16.5. The van der Waals surface area contributed by atoms with Crippen molar-refractivity contribution < 1.29 is 19.1 Å². The molecule has 0 N–H and O–H groups in total. The van der Waals surface area contributed by atoms with Gasteiger partial charge in [0.05, 0.1) is 14.2 Å². The second kappa shape index (κ2) is 5.53. The van der Waals surface area contributed by atoms with Crippen molar-refractivity contribution in [1.82, 2.24) is 0 Å². The molecule has 1 rings (SSSR count). The predicted molar refractivity (Wildman–Crippen MR) is 54.1 cm³/mol. The number of methoxy groups -OCH3 is 2. The van der Waals surface area contributed by atoms with Crippen LogP contribution in [-0.4, -0.2) is 26.2 Å². The van der Waals surface area contributed by atoms with E-state index >= 15 is 0 Å². The number of hydrogen-bond acceptors (Lipinski definition) is 4. The van der Waals surface area contributed by atoms with Crippen LogP contribution in [0.5, 0.6) is 0 Å². The molecule has 0 amide bonds. The quantitative estimate of drug-likeness (QED) is 0.402. The Balaban J connectivity index is 2.63. The van der Waals surface area contributed by atoms with E-state index in [-0.39, 0.29) is 0 Å². The van der Waals surface area contributed by atoms with Gasteiger partial charge in [0, 0.05) is 0 Å². The fourth-order valence-electron chi connectivity index (χ4n) is 1.73. The van der Waals surface area contributed by atoms with E-state index in [0.717, 1.165) is 24.8 Å². The van der Waals surface area contributed by atoms with Crippen LogP contribution in [-0.2, 0) is 19.1 Å². The van der Waals surface area contributed by atoms with Crippen LogP contribution in [0.15, 0.2) is 11.6 Å². The molecule has 0 aromatic carbocycles. The second-order valence-corrected chi connectivity index (χ2v) is 3.56. The Labute approximate surface area is 89.2 Å². The molecule has 0 unspecified atom stereocenters. The molecule has 0 aliphatic heterocycles. The van der Waals surface area contributed by atoms with Crippen LogP contribution < -0.4 is 0 Å². The molecule has 0 spiro atoms. The summed E-state index contributed by atoms with van der Waals surface area (Å²) in [6.07, 6.45) is 5.61. The van der Waals surface area contributed by atoms with Crippen LogP contribution in [0.25, 0.3) is 0 Å². The van der Waals surface area contributed by atoms with Gasteiger partial charge in [0.25, 0.3) is 0 Å². The minimum Gasteiger partial charge on any atom is -0.468 e. The van der Waals surface area contributed by atoms with Crippen molar-refractivity contribution >= 4 is 11.9 Å². The zero-order valence-corrected chi connectivity index (χ0v) is 9.12.